The van der Waals surface area contributed by atoms with E-state index in [1.165, 1.54) is 6.42 Å². The van der Waals surface area contributed by atoms with E-state index in [-0.39, 0.29) is 11.8 Å². The van der Waals surface area contributed by atoms with E-state index in [4.69, 9.17) is 0 Å². The van der Waals surface area contributed by atoms with E-state index < -0.39 is 6.04 Å². The molecule has 1 aromatic heterocycles. The molecule has 0 unspecified atom stereocenters. The Hall–Kier alpha value is -2.30. The molecule has 2 amide bonds. The van der Waals surface area contributed by atoms with E-state index in [1.54, 1.807) is 0 Å². The van der Waals surface area contributed by atoms with Crippen molar-refractivity contribution in [1.29, 1.82) is 0 Å². The van der Waals surface area contributed by atoms with Crippen LogP contribution in [0.1, 0.15) is 38.2 Å². The van der Waals surface area contributed by atoms with Crippen LogP contribution in [0.3, 0.4) is 0 Å². The smallest absolute Gasteiger partial charge is 0.245 e. The summed E-state index contributed by atoms with van der Waals surface area (Å²) in [6.07, 6.45) is 6.13. The topological polar surface area (TPSA) is 65.2 Å². The molecule has 0 bridgehead atoms. The predicted octanol–water partition coefficient (Wildman–Crippen LogP) is 2.62. The zero-order valence-corrected chi connectivity index (χ0v) is 14.2. The lowest BCUT2D eigenvalue weighted by molar-refractivity contribution is -0.137. The van der Waals surface area contributed by atoms with Gasteiger partial charge in [0, 0.05) is 43.0 Å². The van der Waals surface area contributed by atoms with Gasteiger partial charge in [-0.15, -0.1) is 0 Å². The minimum atomic E-state index is -0.491. The molecule has 2 aromatic rings. The Labute approximate surface area is 142 Å². The number of aromatic amines is 1. The van der Waals surface area contributed by atoms with Gasteiger partial charge in [-0.05, 0) is 30.9 Å². The van der Waals surface area contributed by atoms with Crippen LogP contribution < -0.4 is 5.32 Å². The normalized spacial score (nSPS) is 16.1. The molecule has 1 atom stereocenters. The van der Waals surface area contributed by atoms with Crippen molar-refractivity contribution in [1.82, 2.24) is 15.2 Å². The van der Waals surface area contributed by atoms with Crippen molar-refractivity contribution < 1.29 is 9.59 Å². The Bertz CT molecular complexity index is 716. The summed E-state index contributed by atoms with van der Waals surface area (Å²) >= 11 is 0. The Morgan fingerprint density at radius 1 is 1.21 bits per heavy atom. The first-order valence-corrected chi connectivity index (χ1v) is 8.82. The van der Waals surface area contributed by atoms with Gasteiger partial charge in [-0.2, -0.15) is 0 Å². The molecule has 1 saturated heterocycles. The maximum atomic E-state index is 12.9. The number of hydrogen-bond donors (Lipinski definition) is 2. The molecular formula is C19H25N3O2. The number of carbonyl (C=O) groups excluding carboxylic acids is 2. The van der Waals surface area contributed by atoms with Gasteiger partial charge in [0.05, 0.1) is 0 Å². The molecule has 1 aliphatic heterocycles. The predicted molar refractivity (Wildman–Crippen MR) is 94.7 cm³/mol. The summed E-state index contributed by atoms with van der Waals surface area (Å²) in [4.78, 5) is 30.0. The minimum Gasteiger partial charge on any atom is -0.361 e. The summed E-state index contributed by atoms with van der Waals surface area (Å²) in [6, 6.07) is 7.55. The lowest BCUT2D eigenvalue weighted by atomic mass is 10.0. The molecule has 2 heterocycles. The number of H-pyrrole nitrogens is 1. The lowest BCUT2D eigenvalue weighted by Crippen LogP contribution is -2.50. The second-order valence-corrected chi connectivity index (χ2v) is 6.42. The van der Waals surface area contributed by atoms with Gasteiger partial charge in [-0.25, -0.2) is 0 Å². The highest BCUT2D eigenvalue weighted by atomic mass is 16.2. The van der Waals surface area contributed by atoms with Crippen molar-refractivity contribution >= 4 is 22.7 Å². The molecule has 1 fully saturated rings. The van der Waals surface area contributed by atoms with Gasteiger partial charge in [0.2, 0.25) is 11.8 Å². The second kappa shape index (κ2) is 7.51. The van der Waals surface area contributed by atoms with E-state index >= 15 is 0 Å². The molecule has 3 rings (SSSR count). The molecule has 128 valence electrons. The molecule has 1 aliphatic rings. The number of aromatic nitrogens is 1. The molecule has 0 radical (unpaired) electrons. The molecule has 0 aliphatic carbocycles. The maximum Gasteiger partial charge on any atom is 0.245 e. The van der Waals surface area contributed by atoms with E-state index in [0.717, 1.165) is 42.4 Å². The van der Waals surface area contributed by atoms with Crippen LogP contribution in [0.25, 0.3) is 10.9 Å². The van der Waals surface area contributed by atoms with Gasteiger partial charge in [0.25, 0.3) is 0 Å². The fourth-order valence-corrected chi connectivity index (χ4v) is 3.35. The molecule has 1 aromatic carbocycles. The highest BCUT2D eigenvalue weighted by Crippen LogP contribution is 2.20. The summed E-state index contributed by atoms with van der Waals surface area (Å²) in [5.41, 5.74) is 2.12. The van der Waals surface area contributed by atoms with Gasteiger partial charge in [0.1, 0.15) is 6.04 Å². The fourth-order valence-electron chi connectivity index (χ4n) is 3.35. The molecule has 0 spiro atoms. The molecule has 0 saturated carbocycles. The van der Waals surface area contributed by atoms with Crippen LogP contribution in [0.4, 0.5) is 0 Å². The largest absolute Gasteiger partial charge is 0.361 e. The Kier molecular flexibility index (Phi) is 5.18. The van der Waals surface area contributed by atoms with Crippen molar-refractivity contribution in [3.63, 3.8) is 0 Å². The van der Waals surface area contributed by atoms with E-state index in [2.05, 4.69) is 10.3 Å². The number of carbonyl (C=O) groups is 2. The number of piperidine rings is 1. The zero-order chi connectivity index (χ0) is 16.9. The number of benzene rings is 1. The maximum absolute atomic E-state index is 12.9. The highest BCUT2D eigenvalue weighted by molar-refractivity contribution is 5.89. The number of likely N-dealkylation sites (tertiary alicyclic amines) is 1. The Morgan fingerprint density at radius 3 is 2.71 bits per heavy atom. The molecular weight excluding hydrogens is 302 g/mol. The number of rotatable bonds is 5. The molecule has 5 heteroatoms. The third kappa shape index (κ3) is 3.61. The van der Waals surface area contributed by atoms with Gasteiger partial charge in [-0.3, -0.25) is 9.59 Å². The van der Waals surface area contributed by atoms with E-state index in [9.17, 15) is 9.59 Å². The van der Waals surface area contributed by atoms with Gasteiger partial charge in [-0.1, -0.05) is 25.1 Å². The van der Waals surface area contributed by atoms with Crippen molar-refractivity contribution in [3.05, 3.63) is 36.0 Å². The first-order chi connectivity index (χ1) is 11.7. The highest BCUT2D eigenvalue weighted by Gasteiger charge is 2.27. The average Bonchev–Trinajstić information content (AvgIpc) is 3.04. The molecule has 24 heavy (non-hydrogen) atoms. The number of nitrogens with one attached hydrogen (secondary N) is 2. The number of hydrogen-bond acceptors (Lipinski definition) is 2. The quantitative estimate of drug-likeness (QED) is 0.886. The van der Waals surface area contributed by atoms with Crippen LogP contribution >= 0.6 is 0 Å². The van der Waals surface area contributed by atoms with Crippen molar-refractivity contribution in [2.24, 2.45) is 0 Å². The number of para-hydroxylation sites is 1. The summed E-state index contributed by atoms with van der Waals surface area (Å²) in [6.45, 7) is 3.40. The number of fused-ring (bicyclic) bond motifs is 1. The minimum absolute atomic E-state index is 0.0433. The van der Waals surface area contributed by atoms with Crippen molar-refractivity contribution in [3.8, 4) is 0 Å². The Morgan fingerprint density at radius 2 is 1.96 bits per heavy atom. The van der Waals surface area contributed by atoms with Gasteiger partial charge >= 0.3 is 0 Å². The lowest BCUT2D eigenvalue weighted by Gasteiger charge is -2.30. The summed E-state index contributed by atoms with van der Waals surface area (Å²) < 4.78 is 0. The Balaban J connectivity index is 1.81. The van der Waals surface area contributed by atoms with Crippen LogP contribution in [0.2, 0.25) is 0 Å². The van der Waals surface area contributed by atoms with E-state index in [0.29, 0.717) is 12.8 Å². The number of nitrogens with zero attached hydrogens (tertiary/aromatic N) is 1. The first kappa shape index (κ1) is 16.6. The molecule has 5 nitrogen and oxygen atoms in total. The summed E-state index contributed by atoms with van der Waals surface area (Å²) in [5, 5.41) is 4.03. The first-order valence-electron chi connectivity index (χ1n) is 8.82. The zero-order valence-electron chi connectivity index (χ0n) is 14.2. The van der Waals surface area contributed by atoms with Crippen LogP contribution in [0.5, 0.6) is 0 Å². The monoisotopic (exact) mass is 327 g/mol. The van der Waals surface area contributed by atoms with Crippen LogP contribution in [-0.4, -0.2) is 40.8 Å². The summed E-state index contributed by atoms with van der Waals surface area (Å²) in [7, 11) is 0. The van der Waals surface area contributed by atoms with E-state index in [1.807, 2.05) is 42.3 Å². The van der Waals surface area contributed by atoms with Gasteiger partial charge < -0.3 is 15.2 Å². The van der Waals surface area contributed by atoms with Crippen LogP contribution in [0.15, 0.2) is 30.5 Å². The van der Waals surface area contributed by atoms with Crippen molar-refractivity contribution in [2.45, 2.75) is 45.1 Å². The van der Waals surface area contributed by atoms with Crippen LogP contribution in [0, 0.1) is 0 Å². The second-order valence-electron chi connectivity index (χ2n) is 6.42. The third-order valence-electron chi connectivity index (χ3n) is 4.72. The third-order valence-corrected chi connectivity index (χ3v) is 4.72. The average molecular weight is 327 g/mol. The van der Waals surface area contributed by atoms with Crippen LogP contribution in [-0.2, 0) is 16.0 Å². The SMILES string of the molecule is CCC(=O)N[C@@H](Cc1c[nH]c2ccccc12)C(=O)N1CCCCC1. The molecule has 2 N–H and O–H groups in total. The fraction of sp³-hybridized carbons (Fsp3) is 0.474. The standard InChI is InChI=1S/C19H25N3O2/c1-2-18(23)21-17(19(24)22-10-6-3-7-11-22)12-14-13-20-16-9-5-4-8-15(14)16/h4-5,8-9,13,17,20H,2-3,6-7,10-12H2,1H3,(H,21,23)/t17-/m0/s1. The summed E-state index contributed by atoms with van der Waals surface area (Å²) in [5.74, 6) is -0.0352. The van der Waals surface area contributed by atoms with Crippen molar-refractivity contribution in [2.75, 3.05) is 13.1 Å². The number of amides is 2. The van der Waals surface area contributed by atoms with Gasteiger partial charge in [0.15, 0.2) is 0 Å².